The van der Waals surface area contributed by atoms with Gasteiger partial charge in [0.05, 0.1) is 16.5 Å². The van der Waals surface area contributed by atoms with E-state index < -0.39 is 21.3 Å². The molecule has 0 N–H and O–H groups in total. The molecule has 35 heavy (non-hydrogen) atoms. The maximum atomic E-state index is 12.9. The Balaban J connectivity index is 1.49. The van der Waals surface area contributed by atoms with Crippen molar-refractivity contribution in [2.24, 2.45) is 0 Å². The average Bonchev–Trinajstić information content (AvgIpc) is 3.09. The number of carbonyl (C=O) groups is 2. The average molecular weight is 530 g/mol. The SMILES string of the molecule is Cc1ccc(S(=O)(=O)Oc2ccccc2/C=C2\SC(=O)N(CCOc3ccccc3Cl)C2=O)cc1. The van der Waals surface area contributed by atoms with Gasteiger partial charge < -0.3 is 8.92 Å². The molecule has 10 heteroatoms. The number of imide groups is 1. The Morgan fingerprint density at radius 1 is 0.943 bits per heavy atom. The molecule has 0 bridgehead atoms. The molecule has 2 amide bonds. The van der Waals surface area contributed by atoms with Gasteiger partial charge in [0, 0.05) is 5.56 Å². The molecule has 0 spiro atoms. The van der Waals surface area contributed by atoms with Crippen molar-refractivity contribution in [3.05, 3.63) is 93.9 Å². The highest BCUT2D eigenvalue weighted by Gasteiger charge is 2.35. The molecule has 4 rings (SSSR count). The molecule has 7 nitrogen and oxygen atoms in total. The normalized spacial score (nSPS) is 15.0. The Labute approximate surface area is 212 Å². The highest BCUT2D eigenvalue weighted by molar-refractivity contribution is 8.18. The smallest absolute Gasteiger partial charge is 0.339 e. The summed E-state index contributed by atoms with van der Waals surface area (Å²) < 4.78 is 36.4. The van der Waals surface area contributed by atoms with E-state index in [0.717, 1.165) is 22.2 Å². The van der Waals surface area contributed by atoms with Gasteiger partial charge >= 0.3 is 10.1 Å². The standard InChI is InChI=1S/C25H20ClNO6S2/c1-17-10-12-19(13-11-17)35(30,31)33-21-8-4-2-6-18(21)16-23-24(28)27(25(29)34-23)14-15-32-22-9-5-3-7-20(22)26/h2-13,16H,14-15H2,1H3/b23-16-. The summed E-state index contributed by atoms with van der Waals surface area (Å²) in [7, 11) is -4.09. The largest absolute Gasteiger partial charge is 0.490 e. The first kappa shape index (κ1) is 24.8. The van der Waals surface area contributed by atoms with Crippen molar-refractivity contribution in [3.63, 3.8) is 0 Å². The molecular formula is C25H20ClNO6S2. The molecule has 0 saturated carbocycles. The van der Waals surface area contributed by atoms with Gasteiger partial charge in [0.1, 0.15) is 23.0 Å². The zero-order valence-corrected chi connectivity index (χ0v) is 20.9. The third kappa shape index (κ3) is 5.87. The van der Waals surface area contributed by atoms with Gasteiger partial charge in [-0.05, 0) is 55.1 Å². The summed E-state index contributed by atoms with van der Waals surface area (Å²) in [5.74, 6) is -0.00146. The highest BCUT2D eigenvalue weighted by atomic mass is 35.5. The molecule has 0 radical (unpaired) electrons. The predicted octanol–water partition coefficient (Wildman–Crippen LogP) is 5.53. The quantitative estimate of drug-likeness (QED) is 0.280. The van der Waals surface area contributed by atoms with Crippen LogP contribution < -0.4 is 8.92 Å². The Hall–Kier alpha value is -3.27. The number of rotatable bonds is 8. The van der Waals surface area contributed by atoms with E-state index in [1.165, 1.54) is 24.3 Å². The monoisotopic (exact) mass is 529 g/mol. The number of carbonyl (C=O) groups excluding carboxylic acids is 2. The summed E-state index contributed by atoms with van der Waals surface area (Å²) >= 11 is 6.82. The third-order valence-corrected chi connectivity index (χ3v) is 7.47. The number of aryl methyl sites for hydroxylation is 1. The van der Waals surface area contributed by atoms with Crippen molar-refractivity contribution in [3.8, 4) is 11.5 Å². The second-order valence-electron chi connectivity index (χ2n) is 7.50. The molecule has 1 aliphatic heterocycles. The molecular weight excluding hydrogens is 510 g/mol. The first-order valence-corrected chi connectivity index (χ1v) is 13.1. The molecule has 3 aromatic carbocycles. The zero-order valence-electron chi connectivity index (χ0n) is 18.5. The topological polar surface area (TPSA) is 90.0 Å². The Kier molecular flexibility index (Phi) is 7.49. The van der Waals surface area contributed by atoms with E-state index in [4.69, 9.17) is 20.5 Å². The van der Waals surface area contributed by atoms with Crippen molar-refractivity contribution in [1.82, 2.24) is 4.90 Å². The number of hydrogen-bond acceptors (Lipinski definition) is 7. The van der Waals surface area contributed by atoms with E-state index in [9.17, 15) is 18.0 Å². The van der Waals surface area contributed by atoms with Gasteiger partial charge in [-0.25, -0.2) is 0 Å². The number of hydrogen-bond donors (Lipinski definition) is 0. The van der Waals surface area contributed by atoms with E-state index in [1.54, 1.807) is 54.6 Å². The minimum Gasteiger partial charge on any atom is -0.490 e. The Bertz CT molecular complexity index is 1400. The van der Waals surface area contributed by atoms with Crippen LogP contribution in [0.15, 0.2) is 82.6 Å². The minimum absolute atomic E-state index is 0.0109. The fourth-order valence-electron chi connectivity index (χ4n) is 3.19. The van der Waals surface area contributed by atoms with Crippen LogP contribution >= 0.6 is 23.4 Å². The predicted molar refractivity (Wildman–Crippen MR) is 135 cm³/mol. The fourth-order valence-corrected chi connectivity index (χ4v) is 5.19. The van der Waals surface area contributed by atoms with Crippen molar-refractivity contribution < 1.29 is 26.9 Å². The van der Waals surface area contributed by atoms with Crippen molar-refractivity contribution in [1.29, 1.82) is 0 Å². The second kappa shape index (κ2) is 10.6. The van der Waals surface area contributed by atoms with Gasteiger partial charge in [0.2, 0.25) is 0 Å². The van der Waals surface area contributed by atoms with E-state index >= 15 is 0 Å². The van der Waals surface area contributed by atoms with Crippen LogP contribution in [-0.2, 0) is 14.9 Å². The van der Waals surface area contributed by atoms with Crippen molar-refractivity contribution in [2.45, 2.75) is 11.8 Å². The molecule has 3 aromatic rings. The lowest BCUT2D eigenvalue weighted by atomic mass is 10.2. The number of thioether (sulfide) groups is 1. The number of halogens is 1. The second-order valence-corrected chi connectivity index (χ2v) is 10.4. The van der Waals surface area contributed by atoms with E-state index in [2.05, 4.69) is 0 Å². The third-order valence-electron chi connectivity index (χ3n) is 5.00. The zero-order chi connectivity index (χ0) is 25.0. The van der Waals surface area contributed by atoms with Crippen LogP contribution in [0.2, 0.25) is 5.02 Å². The molecule has 0 atom stereocenters. The lowest BCUT2D eigenvalue weighted by molar-refractivity contribution is -0.123. The molecule has 0 unspecified atom stereocenters. The molecule has 0 aliphatic carbocycles. The van der Waals surface area contributed by atoms with Crippen LogP contribution in [0.5, 0.6) is 11.5 Å². The Morgan fingerprint density at radius 2 is 1.60 bits per heavy atom. The van der Waals surface area contributed by atoms with Gasteiger partial charge in [-0.1, -0.05) is 59.6 Å². The summed E-state index contributed by atoms with van der Waals surface area (Å²) in [4.78, 5) is 26.5. The number of amides is 2. The van der Waals surface area contributed by atoms with Gasteiger partial charge in [-0.15, -0.1) is 0 Å². The van der Waals surface area contributed by atoms with E-state index in [-0.39, 0.29) is 28.7 Å². The highest BCUT2D eigenvalue weighted by Crippen LogP contribution is 2.34. The van der Waals surface area contributed by atoms with E-state index in [0.29, 0.717) is 16.3 Å². The molecule has 1 heterocycles. The van der Waals surface area contributed by atoms with Gasteiger partial charge in [-0.3, -0.25) is 14.5 Å². The summed E-state index contributed by atoms with van der Waals surface area (Å²) in [6, 6.07) is 19.6. The summed E-state index contributed by atoms with van der Waals surface area (Å²) in [6.45, 7) is 1.96. The molecule has 1 fully saturated rings. The minimum atomic E-state index is -4.09. The maximum Gasteiger partial charge on any atom is 0.339 e. The molecule has 0 aromatic heterocycles. The number of nitrogens with zero attached hydrogens (tertiary/aromatic N) is 1. The van der Waals surface area contributed by atoms with Gasteiger partial charge in [-0.2, -0.15) is 8.42 Å². The fraction of sp³-hybridized carbons (Fsp3) is 0.120. The van der Waals surface area contributed by atoms with Crippen LogP contribution in [0, 0.1) is 6.92 Å². The lowest BCUT2D eigenvalue weighted by Crippen LogP contribution is -2.32. The van der Waals surface area contributed by atoms with Crippen molar-refractivity contribution in [2.75, 3.05) is 13.2 Å². The van der Waals surface area contributed by atoms with Crippen LogP contribution in [0.3, 0.4) is 0 Å². The van der Waals surface area contributed by atoms with Crippen LogP contribution in [0.4, 0.5) is 4.79 Å². The summed E-state index contributed by atoms with van der Waals surface area (Å²) in [6.07, 6.45) is 1.44. The molecule has 1 aliphatic rings. The van der Waals surface area contributed by atoms with Crippen LogP contribution in [-0.4, -0.2) is 37.6 Å². The molecule has 180 valence electrons. The van der Waals surface area contributed by atoms with Gasteiger partial charge in [0.25, 0.3) is 11.1 Å². The maximum absolute atomic E-state index is 12.9. The van der Waals surface area contributed by atoms with Crippen molar-refractivity contribution >= 4 is 50.7 Å². The molecule has 1 saturated heterocycles. The number of benzene rings is 3. The summed E-state index contributed by atoms with van der Waals surface area (Å²) in [5, 5.41) is -0.0200. The summed E-state index contributed by atoms with van der Waals surface area (Å²) in [5.41, 5.74) is 1.26. The first-order chi connectivity index (χ1) is 16.7. The van der Waals surface area contributed by atoms with E-state index in [1.807, 2.05) is 6.92 Å². The lowest BCUT2D eigenvalue weighted by Gasteiger charge is -2.14. The van der Waals surface area contributed by atoms with Gasteiger partial charge in [0.15, 0.2) is 0 Å². The first-order valence-electron chi connectivity index (χ1n) is 10.5. The Morgan fingerprint density at radius 3 is 2.31 bits per heavy atom. The van der Waals surface area contributed by atoms with Crippen LogP contribution in [0.25, 0.3) is 6.08 Å². The van der Waals surface area contributed by atoms with Crippen LogP contribution in [0.1, 0.15) is 11.1 Å². The number of ether oxygens (including phenoxy) is 1. The number of para-hydroxylation sites is 2.